The van der Waals surface area contributed by atoms with Crippen LogP contribution >= 0.6 is 0 Å². The van der Waals surface area contributed by atoms with Crippen molar-refractivity contribution < 1.29 is 9.84 Å². The molecule has 0 radical (unpaired) electrons. The molecular formula is C15H23N5O2. The Bertz CT molecular complexity index is 543. The van der Waals surface area contributed by atoms with Crippen LogP contribution in [0.15, 0.2) is 6.08 Å². The van der Waals surface area contributed by atoms with E-state index in [1.165, 1.54) is 0 Å². The summed E-state index contributed by atoms with van der Waals surface area (Å²) in [6.07, 6.45) is 5.06. The summed E-state index contributed by atoms with van der Waals surface area (Å²) < 4.78 is 5.37. The van der Waals surface area contributed by atoms with E-state index in [1.54, 1.807) is 0 Å². The highest BCUT2D eigenvalue weighted by molar-refractivity contribution is 5.63. The topological polar surface area (TPSA) is 92.2 Å². The number of aromatic nitrogens is 3. The van der Waals surface area contributed by atoms with E-state index in [4.69, 9.17) is 4.74 Å². The minimum absolute atomic E-state index is 0.246. The third-order valence-corrected chi connectivity index (χ3v) is 3.86. The molecule has 2 atom stereocenters. The van der Waals surface area contributed by atoms with Gasteiger partial charge in [0.05, 0.1) is 18.8 Å². The van der Waals surface area contributed by atoms with Crippen molar-refractivity contribution in [2.24, 2.45) is 0 Å². The average Bonchev–Trinajstić information content (AvgIpc) is 3.00. The summed E-state index contributed by atoms with van der Waals surface area (Å²) in [6.45, 7) is 4.20. The Morgan fingerprint density at radius 1 is 1.27 bits per heavy atom. The zero-order valence-corrected chi connectivity index (χ0v) is 12.9. The van der Waals surface area contributed by atoms with Gasteiger partial charge < -0.3 is 20.5 Å². The van der Waals surface area contributed by atoms with Gasteiger partial charge in [-0.2, -0.15) is 15.0 Å². The highest BCUT2D eigenvalue weighted by Gasteiger charge is 2.19. The lowest BCUT2D eigenvalue weighted by atomic mass is 9.97. The van der Waals surface area contributed by atoms with Gasteiger partial charge >= 0.3 is 0 Å². The van der Waals surface area contributed by atoms with E-state index in [9.17, 15) is 5.11 Å². The van der Waals surface area contributed by atoms with Crippen LogP contribution < -0.4 is 10.6 Å². The molecule has 7 heteroatoms. The van der Waals surface area contributed by atoms with Gasteiger partial charge in [-0.05, 0) is 44.3 Å². The molecule has 1 fully saturated rings. The van der Waals surface area contributed by atoms with Crippen molar-refractivity contribution in [1.29, 1.82) is 0 Å². The first-order valence-corrected chi connectivity index (χ1v) is 7.98. The van der Waals surface area contributed by atoms with Gasteiger partial charge in [-0.3, -0.25) is 0 Å². The van der Waals surface area contributed by atoms with Gasteiger partial charge in [0.15, 0.2) is 5.82 Å². The van der Waals surface area contributed by atoms with Crippen molar-refractivity contribution in [3.63, 3.8) is 0 Å². The molecule has 1 unspecified atom stereocenters. The maximum absolute atomic E-state index is 9.82. The third-order valence-electron chi connectivity index (χ3n) is 3.86. The number of aliphatic hydroxyl groups excluding tert-OH is 1. The fourth-order valence-corrected chi connectivity index (χ4v) is 2.74. The Kier molecular flexibility index (Phi) is 4.84. The number of hydrogen-bond donors (Lipinski definition) is 3. The maximum atomic E-state index is 9.82. The Balaban J connectivity index is 1.85. The highest BCUT2D eigenvalue weighted by Crippen LogP contribution is 2.26. The van der Waals surface area contributed by atoms with E-state index < -0.39 is 6.10 Å². The van der Waals surface area contributed by atoms with Crippen LogP contribution in [0.1, 0.15) is 38.4 Å². The number of nitrogens with one attached hydrogen (secondary N) is 2. The van der Waals surface area contributed by atoms with Crippen molar-refractivity contribution in [2.45, 2.75) is 44.8 Å². The van der Waals surface area contributed by atoms with Gasteiger partial charge in [-0.25, -0.2) is 0 Å². The van der Waals surface area contributed by atoms with Gasteiger partial charge in [0.1, 0.15) is 0 Å². The summed E-state index contributed by atoms with van der Waals surface area (Å²) in [5.74, 6) is 1.78. The zero-order valence-electron chi connectivity index (χ0n) is 12.9. The van der Waals surface area contributed by atoms with Gasteiger partial charge in [-0.15, -0.1) is 0 Å². The summed E-state index contributed by atoms with van der Waals surface area (Å²) >= 11 is 0. The second-order valence-corrected chi connectivity index (χ2v) is 5.69. The van der Waals surface area contributed by atoms with Crippen LogP contribution in [0.4, 0.5) is 11.9 Å². The van der Waals surface area contributed by atoms with Crippen LogP contribution in [0.5, 0.6) is 0 Å². The Morgan fingerprint density at radius 2 is 2.14 bits per heavy atom. The number of aliphatic hydroxyl groups is 1. The molecule has 3 N–H and O–H groups in total. The lowest BCUT2D eigenvalue weighted by Crippen LogP contribution is -2.22. The van der Waals surface area contributed by atoms with Crippen LogP contribution in [0.25, 0.3) is 5.57 Å². The Morgan fingerprint density at radius 3 is 2.86 bits per heavy atom. The molecule has 1 saturated heterocycles. The summed E-state index contributed by atoms with van der Waals surface area (Å²) in [5, 5.41) is 16.3. The van der Waals surface area contributed by atoms with Gasteiger partial charge in [0.2, 0.25) is 11.9 Å². The monoisotopic (exact) mass is 305 g/mol. The SMILES string of the molecule is CCNc1nc(N[C@@H]2CCOC2)nc(C2=CC(O)CCC2)n1. The maximum Gasteiger partial charge on any atom is 0.228 e. The third kappa shape index (κ3) is 3.72. The zero-order chi connectivity index (χ0) is 15.4. The van der Waals surface area contributed by atoms with Crippen molar-refractivity contribution in [2.75, 3.05) is 30.4 Å². The van der Waals surface area contributed by atoms with Crippen LogP contribution in [-0.4, -0.2) is 52.0 Å². The molecule has 1 aliphatic carbocycles. The van der Waals surface area contributed by atoms with E-state index in [2.05, 4.69) is 25.6 Å². The molecule has 3 rings (SSSR count). The minimum Gasteiger partial charge on any atom is -0.389 e. The number of allylic oxidation sites excluding steroid dienone is 1. The fraction of sp³-hybridized carbons (Fsp3) is 0.667. The minimum atomic E-state index is -0.400. The summed E-state index contributed by atoms with van der Waals surface area (Å²) in [7, 11) is 0. The number of rotatable bonds is 5. The van der Waals surface area contributed by atoms with Crippen molar-refractivity contribution in [3.8, 4) is 0 Å². The van der Waals surface area contributed by atoms with Crippen molar-refractivity contribution in [1.82, 2.24) is 15.0 Å². The summed E-state index contributed by atoms with van der Waals surface area (Å²) in [4.78, 5) is 13.4. The van der Waals surface area contributed by atoms with E-state index >= 15 is 0 Å². The molecule has 1 aromatic heterocycles. The predicted molar refractivity (Wildman–Crippen MR) is 84.7 cm³/mol. The van der Waals surface area contributed by atoms with E-state index in [0.29, 0.717) is 24.3 Å². The molecule has 22 heavy (non-hydrogen) atoms. The summed E-state index contributed by atoms with van der Waals surface area (Å²) in [5.41, 5.74) is 0.992. The molecule has 7 nitrogen and oxygen atoms in total. The molecule has 1 aromatic rings. The van der Waals surface area contributed by atoms with Crippen LogP contribution in [0.3, 0.4) is 0 Å². The first-order valence-electron chi connectivity index (χ1n) is 7.98. The van der Waals surface area contributed by atoms with Crippen LogP contribution in [0.2, 0.25) is 0 Å². The molecule has 0 aromatic carbocycles. The number of anilines is 2. The molecule has 2 aliphatic rings. The number of ether oxygens (including phenoxy) is 1. The molecular weight excluding hydrogens is 282 g/mol. The smallest absolute Gasteiger partial charge is 0.228 e. The van der Waals surface area contributed by atoms with Crippen LogP contribution in [-0.2, 0) is 4.74 Å². The number of hydrogen-bond acceptors (Lipinski definition) is 7. The average molecular weight is 305 g/mol. The molecule has 0 bridgehead atoms. The quantitative estimate of drug-likeness (QED) is 0.758. The standard InChI is InChI=1S/C15H23N5O2/c1-2-16-14-18-13(10-4-3-5-12(21)8-10)19-15(20-14)17-11-6-7-22-9-11/h8,11-12,21H,2-7,9H2,1H3,(H2,16,17,18,19,20)/t11-,12?/m1/s1. The number of nitrogens with zero attached hydrogens (tertiary/aromatic N) is 3. The van der Waals surface area contributed by atoms with Crippen molar-refractivity contribution >= 4 is 17.5 Å². The first-order chi connectivity index (χ1) is 10.7. The molecule has 1 aliphatic heterocycles. The largest absolute Gasteiger partial charge is 0.389 e. The Hall–Kier alpha value is -1.73. The molecule has 2 heterocycles. The van der Waals surface area contributed by atoms with Crippen LogP contribution in [0, 0.1) is 0 Å². The molecule has 0 saturated carbocycles. The molecule has 0 amide bonds. The lowest BCUT2D eigenvalue weighted by Gasteiger charge is -2.18. The van der Waals surface area contributed by atoms with Crippen molar-refractivity contribution in [3.05, 3.63) is 11.9 Å². The summed E-state index contributed by atoms with van der Waals surface area (Å²) in [6, 6.07) is 0.246. The lowest BCUT2D eigenvalue weighted by molar-refractivity contribution is 0.195. The second-order valence-electron chi connectivity index (χ2n) is 5.69. The van der Waals surface area contributed by atoms with E-state index in [-0.39, 0.29) is 6.04 Å². The molecule has 120 valence electrons. The van der Waals surface area contributed by atoms with E-state index in [0.717, 1.165) is 44.4 Å². The van der Waals surface area contributed by atoms with Gasteiger partial charge in [0.25, 0.3) is 0 Å². The predicted octanol–water partition coefficient (Wildman–Crippen LogP) is 1.43. The normalized spacial score (nSPS) is 24.9. The second kappa shape index (κ2) is 7.02. The van der Waals surface area contributed by atoms with Gasteiger partial charge in [0, 0.05) is 13.2 Å². The molecule has 0 spiro atoms. The fourth-order valence-electron chi connectivity index (χ4n) is 2.74. The van der Waals surface area contributed by atoms with E-state index in [1.807, 2.05) is 13.0 Å². The highest BCUT2D eigenvalue weighted by atomic mass is 16.5. The van der Waals surface area contributed by atoms with Gasteiger partial charge in [-0.1, -0.05) is 0 Å². The first kappa shape index (κ1) is 15.2. The Labute approximate surface area is 130 Å².